The highest BCUT2D eigenvalue weighted by atomic mass is 35.5. The first-order valence-corrected chi connectivity index (χ1v) is 9.54. The van der Waals surface area contributed by atoms with Crippen LogP contribution in [-0.2, 0) is 11.3 Å². The maximum atomic E-state index is 12.5. The Bertz CT molecular complexity index is 628. The highest BCUT2D eigenvalue weighted by molar-refractivity contribution is 6.30. The predicted octanol–water partition coefficient (Wildman–Crippen LogP) is 2.80. The third-order valence-corrected chi connectivity index (χ3v) is 5.35. The van der Waals surface area contributed by atoms with Gasteiger partial charge in [0.15, 0.2) is 5.96 Å². The molecule has 1 aromatic rings. The number of guanidine groups is 1. The first-order chi connectivity index (χ1) is 12.2. The van der Waals surface area contributed by atoms with Crippen molar-refractivity contribution in [3.63, 3.8) is 0 Å². The molecule has 1 saturated heterocycles. The maximum absolute atomic E-state index is 12.5. The molecule has 1 unspecified atom stereocenters. The van der Waals surface area contributed by atoms with Gasteiger partial charge in [-0.15, -0.1) is 0 Å². The van der Waals surface area contributed by atoms with Crippen LogP contribution in [0, 0.1) is 5.92 Å². The summed E-state index contributed by atoms with van der Waals surface area (Å²) in [5.74, 6) is 1.38. The zero-order valence-corrected chi connectivity index (χ0v) is 15.6. The minimum absolute atomic E-state index is 0.260. The Labute approximate surface area is 154 Å². The van der Waals surface area contributed by atoms with Crippen molar-refractivity contribution < 1.29 is 4.79 Å². The number of hydrogen-bond donors (Lipinski definition) is 2. The van der Waals surface area contributed by atoms with Crippen LogP contribution < -0.4 is 10.6 Å². The van der Waals surface area contributed by atoms with E-state index in [1.807, 2.05) is 29.2 Å². The quantitative estimate of drug-likeness (QED) is 0.639. The van der Waals surface area contributed by atoms with Crippen molar-refractivity contribution >= 4 is 23.5 Å². The summed E-state index contributed by atoms with van der Waals surface area (Å²) in [5.41, 5.74) is 1.11. The van der Waals surface area contributed by atoms with Gasteiger partial charge in [0.2, 0.25) is 5.91 Å². The molecule has 0 bridgehead atoms. The summed E-state index contributed by atoms with van der Waals surface area (Å²) in [6.45, 7) is 2.28. The Morgan fingerprint density at radius 2 is 2.12 bits per heavy atom. The summed E-state index contributed by atoms with van der Waals surface area (Å²) in [4.78, 5) is 18.9. The van der Waals surface area contributed by atoms with E-state index in [-0.39, 0.29) is 12.0 Å². The molecule has 2 aliphatic rings. The Hall–Kier alpha value is -1.75. The summed E-state index contributed by atoms with van der Waals surface area (Å²) >= 11 is 6.02. The summed E-state index contributed by atoms with van der Waals surface area (Å²) in [5, 5.41) is 7.49. The first kappa shape index (κ1) is 18.1. The second-order valence-electron chi connectivity index (χ2n) is 6.95. The standard InChI is InChI=1S/C19H27ClN4O/c1-21-19(22-12-14-5-4-8-16(20)11-14)23-17-9-10-24(13-17)18(25)15-6-2-3-7-15/h4-5,8,11,15,17H,2-3,6-7,9-10,12-13H2,1H3,(H2,21,22,23). The molecular weight excluding hydrogens is 336 g/mol. The topological polar surface area (TPSA) is 56.7 Å². The molecule has 1 amide bonds. The number of benzene rings is 1. The summed E-state index contributed by atoms with van der Waals surface area (Å²) in [6, 6.07) is 8.05. The molecule has 2 fully saturated rings. The Balaban J connectivity index is 1.47. The average Bonchev–Trinajstić information content (AvgIpc) is 3.30. The lowest BCUT2D eigenvalue weighted by Crippen LogP contribution is -2.45. The van der Waals surface area contributed by atoms with Crippen LogP contribution in [0.2, 0.25) is 5.02 Å². The fourth-order valence-electron chi connectivity index (χ4n) is 3.73. The molecule has 136 valence electrons. The maximum Gasteiger partial charge on any atom is 0.225 e. The predicted molar refractivity (Wildman–Crippen MR) is 102 cm³/mol. The molecule has 1 aliphatic carbocycles. The number of amides is 1. The van der Waals surface area contributed by atoms with Crippen LogP contribution in [-0.4, -0.2) is 42.9 Å². The normalized spacial score (nSPS) is 21.6. The van der Waals surface area contributed by atoms with E-state index in [0.717, 1.165) is 48.9 Å². The Morgan fingerprint density at radius 1 is 1.32 bits per heavy atom. The van der Waals surface area contributed by atoms with E-state index in [9.17, 15) is 4.79 Å². The highest BCUT2D eigenvalue weighted by Gasteiger charge is 2.32. The van der Waals surface area contributed by atoms with Crippen molar-refractivity contribution in [2.24, 2.45) is 10.9 Å². The second kappa shape index (κ2) is 8.56. The third kappa shape index (κ3) is 4.88. The second-order valence-corrected chi connectivity index (χ2v) is 7.39. The number of carbonyl (C=O) groups is 1. The van der Waals surface area contributed by atoms with E-state index in [4.69, 9.17) is 11.6 Å². The van der Waals surface area contributed by atoms with Crippen LogP contribution >= 0.6 is 11.6 Å². The Kier molecular flexibility index (Phi) is 6.19. The summed E-state index contributed by atoms with van der Waals surface area (Å²) in [6.07, 6.45) is 5.50. The van der Waals surface area contributed by atoms with Crippen molar-refractivity contribution in [3.8, 4) is 0 Å². The van der Waals surface area contributed by atoms with Crippen LogP contribution in [0.5, 0.6) is 0 Å². The SMILES string of the molecule is CN=C(NCc1cccc(Cl)c1)NC1CCN(C(=O)C2CCCC2)C1. The number of rotatable bonds is 4. The van der Waals surface area contributed by atoms with E-state index in [2.05, 4.69) is 15.6 Å². The van der Waals surface area contributed by atoms with Crippen LogP contribution in [0.3, 0.4) is 0 Å². The number of likely N-dealkylation sites (tertiary alicyclic amines) is 1. The van der Waals surface area contributed by atoms with Gasteiger partial charge in [-0.2, -0.15) is 0 Å². The number of halogens is 1. The van der Waals surface area contributed by atoms with Gasteiger partial charge >= 0.3 is 0 Å². The van der Waals surface area contributed by atoms with Gasteiger partial charge in [-0.05, 0) is 37.0 Å². The van der Waals surface area contributed by atoms with Crippen molar-refractivity contribution in [1.29, 1.82) is 0 Å². The number of aliphatic imine (C=N–C) groups is 1. The van der Waals surface area contributed by atoms with Crippen LogP contribution in [0.4, 0.5) is 0 Å². The zero-order valence-electron chi connectivity index (χ0n) is 14.8. The monoisotopic (exact) mass is 362 g/mol. The first-order valence-electron chi connectivity index (χ1n) is 9.16. The lowest BCUT2D eigenvalue weighted by atomic mass is 10.1. The van der Waals surface area contributed by atoms with Crippen LogP contribution in [0.15, 0.2) is 29.3 Å². The van der Waals surface area contributed by atoms with E-state index in [1.54, 1.807) is 7.05 Å². The number of nitrogens with one attached hydrogen (secondary N) is 2. The van der Waals surface area contributed by atoms with Gasteiger partial charge in [0.05, 0.1) is 0 Å². The van der Waals surface area contributed by atoms with Crippen molar-refractivity contribution in [2.45, 2.75) is 44.7 Å². The number of hydrogen-bond acceptors (Lipinski definition) is 2. The molecule has 25 heavy (non-hydrogen) atoms. The lowest BCUT2D eigenvalue weighted by Gasteiger charge is -2.21. The molecule has 1 saturated carbocycles. The molecular formula is C19H27ClN4O. The van der Waals surface area contributed by atoms with Gasteiger partial charge in [0, 0.05) is 43.7 Å². The molecule has 1 aliphatic heterocycles. The molecule has 5 nitrogen and oxygen atoms in total. The largest absolute Gasteiger partial charge is 0.352 e. The minimum Gasteiger partial charge on any atom is -0.352 e. The highest BCUT2D eigenvalue weighted by Crippen LogP contribution is 2.27. The molecule has 1 atom stereocenters. The van der Waals surface area contributed by atoms with Crippen molar-refractivity contribution in [3.05, 3.63) is 34.9 Å². The lowest BCUT2D eigenvalue weighted by molar-refractivity contribution is -0.134. The molecule has 2 N–H and O–H groups in total. The molecule has 3 rings (SSSR count). The third-order valence-electron chi connectivity index (χ3n) is 5.12. The van der Waals surface area contributed by atoms with E-state index in [1.165, 1.54) is 12.8 Å². The molecule has 1 aromatic carbocycles. The van der Waals surface area contributed by atoms with Gasteiger partial charge in [0.25, 0.3) is 0 Å². The van der Waals surface area contributed by atoms with E-state index < -0.39 is 0 Å². The zero-order chi connectivity index (χ0) is 17.6. The molecule has 1 heterocycles. The van der Waals surface area contributed by atoms with Crippen LogP contribution in [0.1, 0.15) is 37.7 Å². The smallest absolute Gasteiger partial charge is 0.225 e. The minimum atomic E-state index is 0.260. The number of carbonyl (C=O) groups excluding carboxylic acids is 1. The summed E-state index contributed by atoms with van der Waals surface area (Å²) < 4.78 is 0. The number of nitrogens with zero attached hydrogens (tertiary/aromatic N) is 2. The van der Waals surface area contributed by atoms with E-state index in [0.29, 0.717) is 12.5 Å². The van der Waals surface area contributed by atoms with E-state index >= 15 is 0 Å². The molecule has 6 heteroatoms. The van der Waals surface area contributed by atoms with Gasteiger partial charge in [-0.1, -0.05) is 36.6 Å². The van der Waals surface area contributed by atoms with Crippen molar-refractivity contribution in [1.82, 2.24) is 15.5 Å². The average molecular weight is 363 g/mol. The van der Waals surface area contributed by atoms with Crippen LogP contribution in [0.25, 0.3) is 0 Å². The Morgan fingerprint density at radius 3 is 2.84 bits per heavy atom. The van der Waals surface area contributed by atoms with Gasteiger partial charge in [-0.25, -0.2) is 0 Å². The van der Waals surface area contributed by atoms with Gasteiger partial charge < -0.3 is 15.5 Å². The summed E-state index contributed by atoms with van der Waals surface area (Å²) in [7, 11) is 1.77. The fourth-order valence-corrected chi connectivity index (χ4v) is 3.94. The van der Waals surface area contributed by atoms with Gasteiger partial charge in [0.1, 0.15) is 0 Å². The van der Waals surface area contributed by atoms with Crippen molar-refractivity contribution in [2.75, 3.05) is 20.1 Å². The molecule has 0 radical (unpaired) electrons. The molecule has 0 aromatic heterocycles. The fraction of sp³-hybridized carbons (Fsp3) is 0.579. The molecule has 0 spiro atoms. The van der Waals surface area contributed by atoms with Gasteiger partial charge in [-0.3, -0.25) is 9.79 Å².